The van der Waals surface area contributed by atoms with Crippen LogP contribution in [0.5, 0.6) is 17.2 Å². The number of esters is 1. The Labute approximate surface area is 226 Å². The standard InChI is InChI=1S/C27H27BrN2O6S/c1-6-35-26(33)22-15(4)29-27-30(23(22)18-9-7-8-10-19(18)36-14(2)3)25(32)21(37-27)12-16-11-17(28)13-20(34-5)24(16)31/h7-14,23,31H,6H2,1-5H3. The van der Waals surface area contributed by atoms with E-state index in [1.807, 2.05) is 38.1 Å². The van der Waals surface area contributed by atoms with Gasteiger partial charge < -0.3 is 19.3 Å². The van der Waals surface area contributed by atoms with Gasteiger partial charge in [-0.15, -0.1) is 0 Å². The van der Waals surface area contributed by atoms with Gasteiger partial charge in [-0.05, 0) is 52.0 Å². The first kappa shape index (κ1) is 26.7. The van der Waals surface area contributed by atoms with E-state index in [1.165, 1.54) is 23.0 Å². The summed E-state index contributed by atoms with van der Waals surface area (Å²) in [6, 6.07) is 9.84. The lowest BCUT2D eigenvalue weighted by Gasteiger charge is -2.26. The highest BCUT2D eigenvalue weighted by Crippen LogP contribution is 2.37. The largest absolute Gasteiger partial charge is 0.504 e. The van der Waals surface area contributed by atoms with Crippen LogP contribution < -0.4 is 24.4 Å². The zero-order valence-corrected chi connectivity index (χ0v) is 23.5. The number of rotatable bonds is 7. The molecule has 1 aliphatic heterocycles. The molecule has 0 bridgehead atoms. The van der Waals surface area contributed by atoms with Gasteiger partial charge in [0.05, 0.1) is 35.6 Å². The second-order valence-electron chi connectivity index (χ2n) is 8.55. The van der Waals surface area contributed by atoms with Gasteiger partial charge in [0.2, 0.25) is 0 Å². The van der Waals surface area contributed by atoms with Crippen molar-refractivity contribution in [2.75, 3.05) is 13.7 Å². The van der Waals surface area contributed by atoms with E-state index in [9.17, 15) is 14.7 Å². The summed E-state index contributed by atoms with van der Waals surface area (Å²) in [5.74, 6) is 0.193. The van der Waals surface area contributed by atoms with Gasteiger partial charge in [-0.2, -0.15) is 0 Å². The number of thiazole rings is 1. The van der Waals surface area contributed by atoms with Crippen molar-refractivity contribution in [1.82, 2.24) is 4.57 Å². The molecule has 1 N–H and O–H groups in total. The second-order valence-corrected chi connectivity index (χ2v) is 10.5. The number of benzene rings is 2. The number of phenols is 1. The molecule has 1 atom stereocenters. The fourth-order valence-corrected chi connectivity index (χ4v) is 5.65. The summed E-state index contributed by atoms with van der Waals surface area (Å²) in [5.41, 5.74) is 1.42. The Morgan fingerprint density at radius 2 is 2.00 bits per heavy atom. The molecule has 1 aromatic heterocycles. The molecule has 1 aliphatic rings. The lowest BCUT2D eigenvalue weighted by Crippen LogP contribution is -2.40. The van der Waals surface area contributed by atoms with E-state index in [1.54, 1.807) is 32.1 Å². The Balaban J connectivity index is 2.00. The van der Waals surface area contributed by atoms with Crippen LogP contribution in [-0.4, -0.2) is 35.5 Å². The number of hydrogen-bond donors (Lipinski definition) is 1. The number of aromatic nitrogens is 1. The highest BCUT2D eigenvalue weighted by molar-refractivity contribution is 9.10. The molecule has 0 fully saturated rings. The zero-order chi connectivity index (χ0) is 26.9. The van der Waals surface area contributed by atoms with Crippen molar-refractivity contribution in [3.63, 3.8) is 0 Å². The maximum Gasteiger partial charge on any atom is 0.338 e. The second kappa shape index (κ2) is 10.9. The summed E-state index contributed by atoms with van der Waals surface area (Å²) >= 11 is 4.58. The smallest absolute Gasteiger partial charge is 0.338 e. The van der Waals surface area contributed by atoms with E-state index in [0.29, 0.717) is 36.4 Å². The highest BCUT2D eigenvalue weighted by Gasteiger charge is 2.35. The SMILES string of the molecule is CCOC(=O)C1=C(C)N=c2sc(=Cc3cc(Br)cc(OC)c3O)c(=O)n2C1c1ccccc1OC(C)C. The van der Waals surface area contributed by atoms with Crippen LogP contribution in [0.2, 0.25) is 0 Å². The Hall–Kier alpha value is -3.37. The van der Waals surface area contributed by atoms with Crippen molar-refractivity contribution >= 4 is 39.3 Å². The van der Waals surface area contributed by atoms with Crippen LogP contribution in [-0.2, 0) is 9.53 Å². The predicted molar refractivity (Wildman–Crippen MR) is 145 cm³/mol. The maximum absolute atomic E-state index is 13.9. The first-order valence-corrected chi connectivity index (χ1v) is 13.3. The van der Waals surface area contributed by atoms with Gasteiger partial charge in [0.25, 0.3) is 5.56 Å². The number of halogens is 1. The summed E-state index contributed by atoms with van der Waals surface area (Å²) in [6.07, 6.45) is 1.46. The third-order valence-corrected chi connectivity index (χ3v) is 7.11. The average Bonchev–Trinajstić information content (AvgIpc) is 3.14. The van der Waals surface area contributed by atoms with Gasteiger partial charge in [-0.25, -0.2) is 9.79 Å². The monoisotopic (exact) mass is 586 g/mol. The number of hydrogen-bond acceptors (Lipinski definition) is 8. The number of carbonyl (C=O) groups is 1. The summed E-state index contributed by atoms with van der Waals surface area (Å²) in [7, 11) is 1.45. The van der Waals surface area contributed by atoms with Crippen LogP contribution in [0.4, 0.5) is 0 Å². The molecule has 0 amide bonds. The highest BCUT2D eigenvalue weighted by atomic mass is 79.9. The minimum absolute atomic E-state index is 0.0906. The van der Waals surface area contributed by atoms with E-state index in [-0.39, 0.29) is 35.3 Å². The van der Waals surface area contributed by atoms with Crippen molar-refractivity contribution in [2.24, 2.45) is 4.99 Å². The molecule has 0 aliphatic carbocycles. The molecule has 2 heterocycles. The Kier molecular flexibility index (Phi) is 7.89. The minimum atomic E-state index is -0.807. The quantitative estimate of drug-likeness (QED) is 0.419. The summed E-state index contributed by atoms with van der Waals surface area (Å²) in [4.78, 5) is 32.0. The van der Waals surface area contributed by atoms with Crippen molar-refractivity contribution < 1.29 is 24.1 Å². The number of carbonyl (C=O) groups excluding carboxylic acids is 1. The Morgan fingerprint density at radius 3 is 2.68 bits per heavy atom. The molecule has 0 spiro atoms. The summed E-state index contributed by atoms with van der Waals surface area (Å²) in [5, 5.41) is 10.6. The third-order valence-electron chi connectivity index (χ3n) is 5.67. The normalized spacial score (nSPS) is 15.4. The number of methoxy groups -OCH3 is 1. The number of aromatic hydroxyl groups is 1. The Bertz CT molecular complexity index is 1570. The third kappa shape index (κ3) is 5.21. The fraction of sp³-hybridized carbons (Fsp3) is 0.296. The van der Waals surface area contributed by atoms with Crippen LogP contribution in [0, 0.1) is 0 Å². The van der Waals surface area contributed by atoms with E-state index in [2.05, 4.69) is 20.9 Å². The van der Waals surface area contributed by atoms with Gasteiger partial charge >= 0.3 is 5.97 Å². The zero-order valence-electron chi connectivity index (χ0n) is 21.1. The van der Waals surface area contributed by atoms with Gasteiger partial charge in [0, 0.05) is 15.6 Å². The first-order chi connectivity index (χ1) is 17.7. The van der Waals surface area contributed by atoms with Crippen LogP contribution in [0.25, 0.3) is 6.08 Å². The van der Waals surface area contributed by atoms with Crippen molar-refractivity contribution in [3.8, 4) is 17.2 Å². The Morgan fingerprint density at radius 1 is 1.27 bits per heavy atom. The molecule has 37 heavy (non-hydrogen) atoms. The number of para-hydroxylation sites is 1. The molecule has 0 radical (unpaired) electrons. The van der Waals surface area contributed by atoms with Crippen LogP contribution in [0.15, 0.2) is 61.9 Å². The molecular formula is C27H27BrN2O6S. The van der Waals surface area contributed by atoms with Crippen molar-refractivity contribution in [1.29, 1.82) is 0 Å². The number of phenolic OH excluding ortho intramolecular Hbond substituents is 1. The van der Waals surface area contributed by atoms with Crippen molar-refractivity contribution in [2.45, 2.75) is 39.8 Å². The molecule has 2 aromatic carbocycles. The lowest BCUT2D eigenvalue weighted by molar-refractivity contribution is -0.139. The van der Waals surface area contributed by atoms with Gasteiger partial charge in [-0.3, -0.25) is 9.36 Å². The molecule has 8 nitrogen and oxygen atoms in total. The van der Waals surface area contributed by atoms with Gasteiger partial charge in [0.15, 0.2) is 16.3 Å². The number of fused-ring (bicyclic) bond motifs is 1. The van der Waals surface area contributed by atoms with E-state index < -0.39 is 12.0 Å². The van der Waals surface area contributed by atoms with Crippen LogP contribution in [0.1, 0.15) is 44.9 Å². The first-order valence-electron chi connectivity index (χ1n) is 11.7. The number of nitrogens with zero attached hydrogens (tertiary/aromatic N) is 2. The topological polar surface area (TPSA) is 99.4 Å². The summed E-state index contributed by atoms with van der Waals surface area (Å²) in [6.45, 7) is 7.46. The molecular weight excluding hydrogens is 560 g/mol. The molecule has 10 heteroatoms. The van der Waals surface area contributed by atoms with E-state index >= 15 is 0 Å². The minimum Gasteiger partial charge on any atom is -0.504 e. The van der Waals surface area contributed by atoms with Gasteiger partial charge in [-0.1, -0.05) is 45.5 Å². The summed E-state index contributed by atoms with van der Waals surface area (Å²) < 4.78 is 19.2. The number of allylic oxidation sites excluding steroid dienone is 1. The molecule has 0 saturated carbocycles. The lowest BCUT2D eigenvalue weighted by atomic mass is 9.95. The average molecular weight is 587 g/mol. The van der Waals surface area contributed by atoms with E-state index in [4.69, 9.17) is 14.2 Å². The van der Waals surface area contributed by atoms with E-state index in [0.717, 1.165) is 0 Å². The van der Waals surface area contributed by atoms with Crippen LogP contribution in [0.3, 0.4) is 0 Å². The maximum atomic E-state index is 13.9. The van der Waals surface area contributed by atoms with Gasteiger partial charge in [0.1, 0.15) is 11.8 Å². The fourth-order valence-electron chi connectivity index (χ4n) is 4.15. The molecule has 0 saturated heterocycles. The molecule has 194 valence electrons. The predicted octanol–water partition coefficient (Wildman–Crippen LogP) is 4.06. The van der Waals surface area contributed by atoms with Crippen molar-refractivity contribution in [3.05, 3.63) is 83.0 Å². The molecule has 1 unspecified atom stereocenters. The molecule has 4 rings (SSSR count). The molecule has 3 aromatic rings. The van der Waals surface area contributed by atoms with Crippen LogP contribution >= 0.6 is 27.3 Å². The number of ether oxygens (including phenoxy) is 3.